The van der Waals surface area contributed by atoms with Crippen molar-refractivity contribution >= 4 is 44.4 Å². The highest BCUT2D eigenvalue weighted by atomic mass is 127. The molecule has 1 amide bonds. The normalized spacial score (nSPS) is 13.3. The third-order valence-corrected chi connectivity index (χ3v) is 5.96. The van der Waals surface area contributed by atoms with E-state index in [1.165, 1.54) is 0 Å². The summed E-state index contributed by atoms with van der Waals surface area (Å²) in [5, 5.41) is 16.4. The maximum absolute atomic E-state index is 13.7. The first-order chi connectivity index (χ1) is 16.5. The molecule has 3 rings (SSSR count). The molecule has 9 nitrogen and oxygen atoms in total. The molecule has 0 aliphatic heterocycles. The van der Waals surface area contributed by atoms with Crippen molar-refractivity contribution in [2.45, 2.75) is 25.1 Å². The minimum atomic E-state index is -3.65. The van der Waals surface area contributed by atoms with Crippen molar-refractivity contribution < 1.29 is 31.5 Å². The summed E-state index contributed by atoms with van der Waals surface area (Å²) in [6, 6.07) is 9.69. The zero-order valence-electron chi connectivity index (χ0n) is 18.5. The summed E-state index contributed by atoms with van der Waals surface area (Å²) in [5.74, 6) is -3.14. The molecule has 2 atom stereocenters. The number of nitrogens with zero attached hydrogens (tertiary/aromatic N) is 1. The molecule has 188 valence electrons. The molecule has 0 saturated carbocycles. The SMILES string of the molecule is CS(=O)(=O)Nc1cnc(C(=O)N[C@@H](Cc2cc(F)cc(F)c2)[C@H](O)CNCc2cccc(I)c2)o1. The number of aliphatic hydroxyl groups excluding tert-OH is 1. The van der Waals surface area contributed by atoms with Crippen LogP contribution in [0.5, 0.6) is 0 Å². The van der Waals surface area contributed by atoms with Gasteiger partial charge in [-0.2, -0.15) is 0 Å². The largest absolute Gasteiger partial charge is 0.415 e. The standard InChI is InChI=1S/C22H23F2IN4O5S/c1-35(32,33)29-20-12-27-22(34-20)21(31)28-18(8-14-5-15(23)9-16(24)6-14)19(30)11-26-10-13-3-2-4-17(25)7-13/h2-7,9,12,18-19,26,29-30H,8,10-11H2,1H3,(H,28,31)/t18-,19+/m0/s1. The Morgan fingerprint density at radius 3 is 2.54 bits per heavy atom. The fourth-order valence-corrected chi connectivity index (χ4v) is 4.33. The van der Waals surface area contributed by atoms with E-state index in [1.54, 1.807) is 0 Å². The van der Waals surface area contributed by atoms with Crippen molar-refractivity contribution in [2.24, 2.45) is 0 Å². The van der Waals surface area contributed by atoms with Gasteiger partial charge in [0.25, 0.3) is 5.89 Å². The van der Waals surface area contributed by atoms with Gasteiger partial charge < -0.3 is 20.2 Å². The Hall–Kier alpha value is -2.62. The zero-order chi connectivity index (χ0) is 25.6. The fraction of sp³-hybridized carbons (Fsp3) is 0.273. The van der Waals surface area contributed by atoms with Gasteiger partial charge in [-0.3, -0.25) is 9.52 Å². The third-order valence-electron chi connectivity index (χ3n) is 4.72. The molecule has 0 aliphatic rings. The molecule has 35 heavy (non-hydrogen) atoms. The number of halogens is 3. The van der Waals surface area contributed by atoms with Crippen molar-refractivity contribution in [1.29, 1.82) is 0 Å². The topological polar surface area (TPSA) is 134 Å². The fourth-order valence-electron chi connectivity index (χ4n) is 3.26. The van der Waals surface area contributed by atoms with Crippen LogP contribution in [0.25, 0.3) is 0 Å². The number of oxazole rings is 1. The van der Waals surface area contributed by atoms with Gasteiger partial charge in [0.1, 0.15) is 11.6 Å². The van der Waals surface area contributed by atoms with Crippen LogP contribution in [0.2, 0.25) is 0 Å². The van der Waals surface area contributed by atoms with E-state index >= 15 is 0 Å². The predicted molar refractivity (Wildman–Crippen MR) is 133 cm³/mol. The summed E-state index contributed by atoms with van der Waals surface area (Å²) < 4.78 is 58.2. The van der Waals surface area contributed by atoms with Crippen LogP contribution < -0.4 is 15.4 Å². The molecule has 4 N–H and O–H groups in total. The Kier molecular flexibility index (Phi) is 9.15. The monoisotopic (exact) mass is 620 g/mol. The number of carbonyl (C=O) groups excluding carboxylic acids is 1. The van der Waals surface area contributed by atoms with Gasteiger partial charge in [-0.05, 0) is 64.4 Å². The van der Waals surface area contributed by atoms with Gasteiger partial charge in [0.2, 0.25) is 15.9 Å². The van der Waals surface area contributed by atoms with E-state index in [4.69, 9.17) is 4.42 Å². The van der Waals surface area contributed by atoms with Crippen LogP contribution in [0.15, 0.2) is 53.1 Å². The van der Waals surface area contributed by atoms with Crippen LogP contribution in [0.3, 0.4) is 0 Å². The van der Waals surface area contributed by atoms with E-state index in [1.807, 2.05) is 24.3 Å². The molecule has 2 aromatic carbocycles. The van der Waals surface area contributed by atoms with Crippen LogP contribution in [-0.2, 0) is 23.0 Å². The van der Waals surface area contributed by atoms with Gasteiger partial charge >= 0.3 is 5.91 Å². The minimum absolute atomic E-state index is 0.0562. The number of sulfonamides is 1. The highest BCUT2D eigenvalue weighted by molar-refractivity contribution is 14.1. The van der Waals surface area contributed by atoms with Crippen molar-refractivity contribution in [3.63, 3.8) is 0 Å². The number of carbonyl (C=O) groups is 1. The number of aromatic nitrogens is 1. The van der Waals surface area contributed by atoms with E-state index in [0.29, 0.717) is 6.54 Å². The lowest BCUT2D eigenvalue weighted by atomic mass is 10.0. The Labute approximate surface area is 214 Å². The summed E-state index contributed by atoms with van der Waals surface area (Å²) in [5.41, 5.74) is 1.21. The number of anilines is 1. The van der Waals surface area contributed by atoms with E-state index < -0.39 is 45.6 Å². The molecule has 1 heterocycles. The number of benzene rings is 2. The van der Waals surface area contributed by atoms with Crippen molar-refractivity contribution in [2.75, 3.05) is 17.5 Å². The Morgan fingerprint density at radius 1 is 1.17 bits per heavy atom. The van der Waals surface area contributed by atoms with Gasteiger partial charge in [-0.15, -0.1) is 0 Å². The first kappa shape index (κ1) is 27.0. The van der Waals surface area contributed by atoms with Gasteiger partial charge in [-0.25, -0.2) is 22.2 Å². The maximum atomic E-state index is 13.7. The number of hydrogen-bond donors (Lipinski definition) is 4. The molecule has 0 bridgehead atoms. The molecular weight excluding hydrogens is 597 g/mol. The number of rotatable bonds is 11. The van der Waals surface area contributed by atoms with Gasteiger partial charge in [0.05, 0.1) is 24.6 Å². The smallest absolute Gasteiger partial charge is 0.307 e. The van der Waals surface area contributed by atoms with Crippen LogP contribution >= 0.6 is 22.6 Å². The van der Waals surface area contributed by atoms with E-state index in [9.17, 15) is 27.1 Å². The van der Waals surface area contributed by atoms with Gasteiger partial charge in [0, 0.05) is 22.7 Å². The Balaban J connectivity index is 1.71. The molecule has 0 spiro atoms. The molecular formula is C22H23F2IN4O5S. The first-order valence-corrected chi connectivity index (χ1v) is 13.3. The lowest BCUT2D eigenvalue weighted by molar-refractivity contribution is 0.0799. The van der Waals surface area contributed by atoms with Gasteiger partial charge in [-0.1, -0.05) is 12.1 Å². The number of hydrogen-bond acceptors (Lipinski definition) is 7. The minimum Gasteiger partial charge on any atom is -0.415 e. The van der Waals surface area contributed by atoms with Crippen LogP contribution in [-0.4, -0.2) is 49.4 Å². The lowest BCUT2D eigenvalue weighted by Gasteiger charge is -2.24. The predicted octanol–water partition coefficient (Wildman–Crippen LogP) is 2.42. The molecule has 0 saturated heterocycles. The van der Waals surface area contributed by atoms with E-state index in [0.717, 1.165) is 39.8 Å². The average molecular weight is 620 g/mol. The second-order valence-corrected chi connectivity index (χ2v) is 10.8. The second kappa shape index (κ2) is 11.9. The van der Waals surface area contributed by atoms with Crippen molar-refractivity contribution in [3.05, 3.63) is 80.9 Å². The highest BCUT2D eigenvalue weighted by Crippen LogP contribution is 2.15. The summed E-state index contributed by atoms with van der Waals surface area (Å²) >= 11 is 2.19. The maximum Gasteiger partial charge on any atom is 0.307 e. The molecule has 0 unspecified atom stereocenters. The quantitative estimate of drug-likeness (QED) is 0.242. The molecule has 3 aromatic rings. The molecule has 0 fully saturated rings. The van der Waals surface area contributed by atoms with Crippen LogP contribution in [0, 0.1) is 15.2 Å². The van der Waals surface area contributed by atoms with Crippen molar-refractivity contribution in [1.82, 2.24) is 15.6 Å². The number of nitrogens with one attached hydrogen (secondary N) is 3. The third kappa shape index (κ3) is 8.83. The van der Waals surface area contributed by atoms with E-state index in [-0.39, 0.29) is 24.4 Å². The highest BCUT2D eigenvalue weighted by Gasteiger charge is 2.25. The first-order valence-electron chi connectivity index (χ1n) is 10.3. The van der Waals surface area contributed by atoms with E-state index in [2.05, 4.69) is 42.9 Å². The molecule has 13 heteroatoms. The lowest BCUT2D eigenvalue weighted by Crippen LogP contribution is -2.48. The van der Waals surface area contributed by atoms with Crippen LogP contribution in [0.1, 0.15) is 21.8 Å². The Bertz CT molecular complexity index is 1270. The number of amides is 1. The van der Waals surface area contributed by atoms with Gasteiger partial charge in [0.15, 0.2) is 0 Å². The molecule has 1 aromatic heterocycles. The van der Waals surface area contributed by atoms with Crippen molar-refractivity contribution in [3.8, 4) is 0 Å². The van der Waals surface area contributed by atoms with Crippen LogP contribution in [0.4, 0.5) is 14.7 Å². The Morgan fingerprint density at radius 2 is 1.89 bits per heavy atom. The second-order valence-electron chi connectivity index (χ2n) is 7.79. The summed E-state index contributed by atoms with van der Waals surface area (Å²) in [6.45, 7) is 0.504. The summed E-state index contributed by atoms with van der Waals surface area (Å²) in [4.78, 5) is 16.4. The average Bonchev–Trinajstić information content (AvgIpc) is 3.19. The zero-order valence-corrected chi connectivity index (χ0v) is 21.4. The number of aliphatic hydroxyl groups is 1. The molecule has 0 aliphatic carbocycles. The molecule has 0 radical (unpaired) electrons. The summed E-state index contributed by atoms with van der Waals surface area (Å²) in [7, 11) is -3.65. The summed E-state index contributed by atoms with van der Waals surface area (Å²) in [6.07, 6.45) is 0.674.